The lowest BCUT2D eigenvalue weighted by atomic mass is 10.0. The molecule has 0 aliphatic carbocycles. The van der Waals surface area contributed by atoms with Crippen LogP contribution in [0, 0.1) is 19.8 Å². The third-order valence-corrected chi connectivity index (χ3v) is 6.07. The summed E-state index contributed by atoms with van der Waals surface area (Å²) in [6.45, 7) is 15.2. The number of piperidine rings is 1. The van der Waals surface area contributed by atoms with Crippen LogP contribution in [0.1, 0.15) is 55.1 Å². The number of rotatable bonds is 9. The molecule has 0 bridgehead atoms. The smallest absolute Gasteiger partial charge is 0.191 e. The number of unbranched alkanes of at least 4 members (excludes halogenated alkanes) is 1. The van der Waals surface area contributed by atoms with Crippen LogP contribution in [0.5, 0.6) is 0 Å². The van der Waals surface area contributed by atoms with E-state index in [-0.39, 0.29) is 0 Å². The maximum absolute atomic E-state index is 4.72. The lowest BCUT2D eigenvalue weighted by molar-refractivity contribution is 0.181. The lowest BCUT2D eigenvalue weighted by Crippen LogP contribution is -2.38. The van der Waals surface area contributed by atoms with Gasteiger partial charge in [0.2, 0.25) is 0 Å². The van der Waals surface area contributed by atoms with Crippen molar-refractivity contribution in [3.05, 3.63) is 15.6 Å². The highest BCUT2D eigenvalue weighted by Gasteiger charge is 2.15. The van der Waals surface area contributed by atoms with Crippen molar-refractivity contribution in [1.29, 1.82) is 0 Å². The summed E-state index contributed by atoms with van der Waals surface area (Å²) in [5, 5.41) is 7.99. The molecule has 1 saturated heterocycles. The standard InChI is InChI=1S/C20H37N5S/c1-5-21-20(23-12-10-19-24-17(3)18(4)26-19)22-11-6-7-13-25-14-8-9-16(2)15-25/h16H,5-15H2,1-4H3,(H2,21,22,23). The quantitative estimate of drug-likeness (QED) is 0.392. The second-order valence-electron chi connectivity index (χ2n) is 7.44. The Labute approximate surface area is 163 Å². The third-order valence-electron chi connectivity index (χ3n) is 4.94. The molecule has 1 aromatic rings. The summed E-state index contributed by atoms with van der Waals surface area (Å²) in [6, 6.07) is 0. The number of aromatic nitrogens is 1. The van der Waals surface area contributed by atoms with Crippen LogP contribution in [0.4, 0.5) is 0 Å². The highest BCUT2D eigenvalue weighted by molar-refractivity contribution is 7.11. The Morgan fingerprint density at radius 2 is 2.15 bits per heavy atom. The van der Waals surface area contributed by atoms with Crippen molar-refractivity contribution in [1.82, 2.24) is 20.5 Å². The van der Waals surface area contributed by atoms with E-state index in [2.05, 4.69) is 48.2 Å². The van der Waals surface area contributed by atoms with Crippen LogP contribution in [0.15, 0.2) is 4.99 Å². The molecule has 1 atom stereocenters. The van der Waals surface area contributed by atoms with Crippen molar-refractivity contribution < 1.29 is 0 Å². The average Bonchev–Trinajstić information content (AvgIpc) is 2.92. The average molecular weight is 380 g/mol. The van der Waals surface area contributed by atoms with Crippen LogP contribution in [0.2, 0.25) is 0 Å². The number of hydrogen-bond donors (Lipinski definition) is 2. The normalized spacial score (nSPS) is 18.9. The van der Waals surface area contributed by atoms with Gasteiger partial charge in [0.25, 0.3) is 0 Å². The molecule has 1 aromatic heterocycles. The highest BCUT2D eigenvalue weighted by atomic mass is 32.1. The Morgan fingerprint density at radius 1 is 1.31 bits per heavy atom. The van der Waals surface area contributed by atoms with Gasteiger partial charge in [0.15, 0.2) is 5.96 Å². The Kier molecular flexibility index (Phi) is 9.40. The molecule has 5 nitrogen and oxygen atoms in total. The van der Waals surface area contributed by atoms with Gasteiger partial charge in [-0.2, -0.15) is 0 Å². The number of aliphatic imine (C=N–C) groups is 1. The molecule has 148 valence electrons. The minimum absolute atomic E-state index is 0.872. The van der Waals surface area contributed by atoms with Crippen LogP contribution in [-0.2, 0) is 6.42 Å². The van der Waals surface area contributed by atoms with E-state index in [9.17, 15) is 0 Å². The fourth-order valence-corrected chi connectivity index (χ4v) is 4.34. The second-order valence-corrected chi connectivity index (χ2v) is 8.73. The van der Waals surface area contributed by atoms with E-state index in [1.165, 1.54) is 48.8 Å². The van der Waals surface area contributed by atoms with E-state index in [1.807, 2.05) is 0 Å². The third kappa shape index (κ3) is 7.62. The molecule has 0 spiro atoms. The predicted octanol–water partition coefficient (Wildman–Crippen LogP) is 3.37. The fourth-order valence-electron chi connectivity index (χ4n) is 3.40. The summed E-state index contributed by atoms with van der Waals surface area (Å²) in [5.41, 5.74) is 1.16. The molecule has 26 heavy (non-hydrogen) atoms. The molecule has 2 heterocycles. The summed E-state index contributed by atoms with van der Waals surface area (Å²) in [4.78, 5) is 13.3. The van der Waals surface area contributed by atoms with Crippen LogP contribution in [-0.4, -0.2) is 55.1 Å². The van der Waals surface area contributed by atoms with E-state index in [1.54, 1.807) is 11.3 Å². The summed E-state index contributed by atoms with van der Waals surface area (Å²) >= 11 is 1.80. The topological polar surface area (TPSA) is 52.6 Å². The van der Waals surface area contributed by atoms with Gasteiger partial charge in [-0.25, -0.2) is 4.98 Å². The van der Waals surface area contributed by atoms with E-state index in [0.29, 0.717) is 0 Å². The fraction of sp³-hybridized carbons (Fsp3) is 0.800. The van der Waals surface area contributed by atoms with Crippen LogP contribution < -0.4 is 10.6 Å². The van der Waals surface area contributed by atoms with Gasteiger partial charge >= 0.3 is 0 Å². The summed E-state index contributed by atoms with van der Waals surface area (Å²) < 4.78 is 0. The van der Waals surface area contributed by atoms with Crippen LogP contribution >= 0.6 is 11.3 Å². The summed E-state index contributed by atoms with van der Waals surface area (Å²) in [7, 11) is 0. The van der Waals surface area contributed by atoms with Gasteiger partial charge in [-0.3, -0.25) is 4.99 Å². The van der Waals surface area contributed by atoms with Crippen molar-refractivity contribution in [2.45, 2.75) is 59.8 Å². The van der Waals surface area contributed by atoms with E-state index in [4.69, 9.17) is 4.99 Å². The number of thiazole rings is 1. The predicted molar refractivity (Wildman–Crippen MR) is 113 cm³/mol. The van der Waals surface area contributed by atoms with E-state index < -0.39 is 0 Å². The number of aryl methyl sites for hydroxylation is 2. The molecule has 0 saturated carbocycles. The number of nitrogens with one attached hydrogen (secondary N) is 2. The van der Waals surface area contributed by atoms with Gasteiger partial charge in [-0.1, -0.05) is 6.92 Å². The van der Waals surface area contributed by atoms with Gasteiger partial charge in [-0.05, 0) is 65.5 Å². The maximum Gasteiger partial charge on any atom is 0.191 e. The number of hydrogen-bond acceptors (Lipinski definition) is 4. The molecule has 0 radical (unpaired) electrons. The largest absolute Gasteiger partial charge is 0.357 e. The molecule has 1 aliphatic heterocycles. The van der Waals surface area contributed by atoms with E-state index in [0.717, 1.165) is 50.0 Å². The molecule has 6 heteroatoms. The van der Waals surface area contributed by atoms with Crippen molar-refractivity contribution in [3.63, 3.8) is 0 Å². The monoisotopic (exact) mass is 379 g/mol. The maximum atomic E-state index is 4.72. The van der Waals surface area contributed by atoms with Crippen molar-refractivity contribution in [3.8, 4) is 0 Å². The minimum atomic E-state index is 0.872. The van der Waals surface area contributed by atoms with Crippen LogP contribution in [0.3, 0.4) is 0 Å². The van der Waals surface area contributed by atoms with Gasteiger partial charge in [0, 0.05) is 37.5 Å². The molecule has 1 aliphatic rings. The molecule has 1 unspecified atom stereocenters. The van der Waals surface area contributed by atoms with Crippen molar-refractivity contribution >= 4 is 17.3 Å². The zero-order valence-electron chi connectivity index (χ0n) is 17.1. The van der Waals surface area contributed by atoms with Gasteiger partial charge in [0.1, 0.15) is 0 Å². The highest BCUT2D eigenvalue weighted by Crippen LogP contribution is 2.16. The molecular weight excluding hydrogens is 342 g/mol. The first-order valence-corrected chi connectivity index (χ1v) is 11.1. The van der Waals surface area contributed by atoms with E-state index >= 15 is 0 Å². The number of guanidine groups is 1. The summed E-state index contributed by atoms with van der Waals surface area (Å²) in [6.07, 6.45) is 6.13. The SMILES string of the molecule is CCNC(=NCCCCN1CCCC(C)C1)NCCc1nc(C)c(C)s1. The minimum Gasteiger partial charge on any atom is -0.357 e. The molecule has 0 amide bonds. The summed E-state index contributed by atoms with van der Waals surface area (Å²) in [5.74, 6) is 1.81. The van der Waals surface area contributed by atoms with Gasteiger partial charge < -0.3 is 15.5 Å². The number of likely N-dealkylation sites (tertiary alicyclic amines) is 1. The Morgan fingerprint density at radius 3 is 2.85 bits per heavy atom. The molecular formula is C20H37N5S. The van der Waals surface area contributed by atoms with Crippen molar-refractivity contribution in [2.75, 3.05) is 39.3 Å². The van der Waals surface area contributed by atoms with Crippen molar-refractivity contribution in [2.24, 2.45) is 10.9 Å². The van der Waals surface area contributed by atoms with Gasteiger partial charge in [-0.15, -0.1) is 11.3 Å². The number of nitrogens with zero attached hydrogens (tertiary/aromatic N) is 3. The Balaban J connectivity index is 1.63. The lowest BCUT2D eigenvalue weighted by Gasteiger charge is -2.30. The first-order chi connectivity index (χ1) is 12.6. The first kappa shape index (κ1) is 21.2. The molecule has 0 aromatic carbocycles. The first-order valence-electron chi connectivity index (χ1n) is 10.3. The second kappa shape index (κ2) is 11.5. The zero-order valence-corrected chi connectivity index (χ0v) is 17.9. The van der Waals surface area contributed by atoms with Crippen LogP contribution in [0.25, 0.3) is 0 Å². The zero-order chi connectivity index (χ0) is 18.8. The Hall–Kier alpha value is -1.14. The Bertz CT molecular complexity index is 535. The molecule has 2 rings (SSSR count). The molecule has 1 fully saturated rings. The van der Waals surface area contributed by atoms with Gasteiger partial charge in [0.05, 0.1) is 10.7 Å². The molecule has 2 N–H and O–H groups in total.